The molecule has 182 valence electrons. The van der Waals surface area contributed by atoms with Gasteiger partial charge < -0.3 is 19.3 Å². The first kappa shape index (κ1) is 24.1. The molecule has 0 bridgehead atoms. The fourth-order valence-electron chi connectivity index (χ4n) is 4.41. The molecule has 0 N–H and O–H groups in total. The minimum atomic E-state index is -2.95. The summed E-state index contributed by atoms with van der Waals surface area (Å²) in [5.74, 6) is 1.07. The van der Waals surface area contributed by atoms with Gasteiger partial charge in [0.15, 0.2) is 11.5 Å². The third-order valence-corrected chi connectivity index (χ3v) is 7.44. The first-order valence-corrected chi connectivity index (χ1v) is 11.9. The van der Waals surface area contributed by atoms with Crippen LogP contribution in [-0.2, 0) is 11.3 Å². The Morgan fingerprint density at radius 3 is 2.65 bits per heavy atom. The van der Waals surface area contributed by atoms with Crippen LogP contribution in [0.4, 0.5) is 14.6 Å². The van der Waals surface area contributed by atoms with Crippen LogP contribution < -0.4 is 14.4 Å². The normalized spacial score (nSPS) is 14.6. The number of benzene rings is 1. The van der Waals surface area contributed by atoms with Gasteiger partial charge in [-0.15, -0.1) is 11.3 Å². The van der Waals surface area contributed by atoms with Crippen molar-refractivity contribution < 1.29 is 23.0 Å². The Balaban J connectivity index is 1.40. The van der Waals surface area contributed by atoms with E-state index < -0.39 is 6.61 Å². The number of carbonyl (C=O) groups excluding carboxylic acids is 1. The Morgan fingerprint density at radius 2 is 1.97 bits per heavy atom. The van der Waals surface area contributed by atoms with E-state index in [0.717, 1.165) is 42.0 Å². The van der Waals surface area contributed by atoms with Gasteiger partial charge in [-0.3, -0.25) is 4.79 Å². The summed E-state index contributed by atoms with van der Waals surface area (Å²) < 4.78 is 35.1. The number of alkyl halides is 2. The van der Waals surface area contributed by atoms with Crippen molar-refractivity contribution in [1.82, 2.24) is 14.9 Å². The molecule has 34 heavy (non-hydrogen) atoms. The Morgan fingerprint density at radius 1 is 1.24 bits per heavy atom. The highest BCUT2D eigenvalue weighted by Crippen LogP contribution is 2.36. The van der Waals surface area contributed by atoms with E-state index >= 15 is 0 Å². The van der Waals surface area contributed by atoms with Crippen LogP contribution in [0.5, 0.6) is 11.5 Å². The molecule has 0 unspecified atom stereocenters. The molecule has 1 saturated heterocycles. The molecule has 1 aliphatic rings. The lowest BCUT2D eigenvalue weighted by Crippen LogP contribution is -2.41. The summed E-state index contributed by atoms with van der Waals surface area (Å²) in [6.07, 6.45) is 3.05. The van der Waals surface area contributed by atoms with Crippen molar-refractivity contribution in [2.45, 2.75) is 39.8 Å². The van der Waals surface area contributed by atoms with Crippen LogP contribution in [0.25, 0.3) is 10.2 Å². The van der Waals surface area contributed by atoms with E-state index in [1.165, 1.54) is 23.6 Å². The van der Waals surface area contributed by atoms with Gasteiger partial charge in [0, 0.05) is 37.5 Å². The lowest BCUT2D eigenvalue weighted by molar-refractivity contribution is -0.135. The maximum atomic E-state index is 13.1. The zero-order chi connectivity index (χ0) is 24.4. The first-order chi connectivity index (χ1) is 16.3. The van der Waals surface area contributed by atoms with E-state index in [1.54, 1.807) is 41.7 Å². The monoisotopic (exact) mass is 490 g/mol. The van der Waals surface area contributed by atoms with Crippen LogP contribution in [0.15, 0.2) is 24.5 Å². The van der Waals surface area contributed by atoms with Gasteiger partial charge >= 0.3 is 6.61 Å². The maximum absolute atomic E-state index is 13.1. The van der Waals surface area contributed by atoms with E-state index in [9.17, 15) is 13.6 Å². The zero-order valence-electron chi connectivity index (χ0n) is 19.7. The summed E-state index contributed by atoms with van der Waals surface area (Å²) >= 11 is 1.68. The molecule has 1 amide bonds. The molecule has 10 heteroatoms. The number of methoxy groups -OCH3 is 1. The van der Waals surface area contributed by atoms with Crippen LogP contribution in [0.3, 0.4) is 0 Å². The van der Waals surface area contributed by atoms with Gasteiger partial charge in [-0.05, 0) is 49.9 Å². The Labute approximate surface area is 201 Å². The summed E-state index contributed by atoms with van der Waals surface area (Å²) in [7, 11) is 3.13. The van der Waals surface area contributed by atoms with E-state index in [-0.39, 0.29) is 23.3 Å². The minimum Gasteiger partial charge on any atom is -0.493 e. The number of fused-ring (bicyclic) bond motifs is 1. The maximum Gasteiger partial charge on any atom is 0.387 e. The van der Waals surface area contributed by atoms with Gasteiger partial charge in [0.05, 0.1) is 12.5 Å². The minimum absolute atomic E-state index is 0.0423. The Hall–Kier alpha value is -3.01. The third-order valence-electron chi connectivity index (χ3n) is 6.33. The topological polar surface area (TPSA) is 67.8 Å². The number of aromatic nitrogens is 2. The van der Waals surface area contributed by atoms with E-state index in [4.69, 9.17) is 4.74 Å². The highest BCUT2D eigenvalue weighted by molar-refractivity contribution is 7.18. The molecule has 0 saturated carbocycles. The number of nitrogens with zero attached hydrogens (tertiary/aromatic N) is 4. The lowest BCUT2D eigenvalue weighted by atomic mass is 9.95. The number of ether oxygens (including phenoxy) is 2. The molecule has 0 radical (unpaired) electrons. The Kier molecular flexibility index (Phi) is 7.16. The van der Waals surface area contributed by atoms with Gasteiger partial charge in [-0.1, -0.05) is 6.07 Å². The second-order valence-electron chi connectivity index (χ2n) is 8.48. The van der Waals surface area contributed by atoms with Crippen LogP contribution in [0.2, 0.25) is 0 Å². The lowest BCUT2D eigenvalue weighted by Gasteiger charge is -2.34. The second-order valence-corrected chi connectivity index (χ2v) is 9.68. The predicted octanol–water partition coefficient (Wildman–Crippen LogP) is 4.79. The van der Waals surface area contributed by atoms with E-state index in [2.05, 4.69) is 33.5 Å². The zero-order valence-corrected chi connectivity index (χ0v) is 20.5. The number of hydrogen-bond donors (Lipinski definition) is 0. The predicted molar refractivity (Wildman–Crippen MR) is 128 cm³/mol. The van der Waals surface area contributed by atoms with Crippen molar-refractivity contribution in [3.8, 4) is 11.5 Å². The van der Waals surface area contributed by atoms with Gasteiger partial charge in [-0.2, -0.15) is 8.78 Å². The number of rotatable bonds is 7. The quantitative estimate of drug-likeness (QED) is 0.474. The van der Waals surface area contributed by atoms with Gasteiger partial charge in [0.2, 0.25) is 5.91 Å². The molecule has 2 aromatic heterocycles. The average Bonchev–Trinajstić information content (AvgIpc) is 3.12. The average molecular weight is 491 g/mol. The van der Waals surface area contributed by atoms with Crippen molar-refractivity contribution in [2.75, 3.05) is 32.1 Å². The van der Waals surface area contributed by atoms with E-state index in [0.29, 0.717) is 12.1 Å². The number of thiophene rings is 1. The number of aryl methyl sites for hydroxylation is 2. The standard InChI is InChI=1S/C24H28F2N4O3S/c1-14-15(2)34-22-20(14)21(27-13-28-22)30-9-7-17(8-10-30)23(31)29(3)12-16-5-6-18(32-4)19(11-16)33-24(25)26/h5-6,11,13,17,24H,7-10,12H2,1-4H3. The molecule has 0 spiro atoms. The highest BCUT2D eigenvalue weighted by atomic mass is 32.1. The van der Waals surface area contributed by atoms with Crippen LogP contribution >= 0.6 is 11.3 Å². The molecule has 3 heterocycles. The number of amides is 1. The summed E-state index contributed by atoms with van der Waals surface area (Å²) in [5.41, 5.74) is 1.90. The van der Waals surface area contributed by atoms with Crippen LogP contribution in [-0.4, -0.2) is 54.6 Å². The van der Waals surface area contributed by atoms with Gasteiger partial charge in [0.25, 0.3) is 0 Å². The fraction of sp³-hybridized carbons (Fsp3) is 0.458. The summed E-state index contributed by atoms with van der Waals surface area (Å²) in [5, 5.41) is 1.10. The van der Waals surface area contributed by atoms with Crippen molar-refractivity contribution >= 4 is 33.3 Å². The fourth-order valence-corrected chi connectivity index (χ4v) is 5.40. The molecular formula is C24H28F2N4O3S. The molecule has 0 atom stereocenters. The molecule has 1 aromatic carbocycles. The number of hydrogen-bond acceptors (Lipinski definition) is 7. The molecule has 1 aliphatic heterocycles. The van der Waals surface area contributed by atoms with E-state index in [1.807, 2.05) is 0 Å². The van der Waals surface area contributed by atoms with Crippen molar-refractivity contribution in [1.29, 1.82) is 0 Å². The number of halogens is 2. The van der Waals surface area contributed by atoms with Gasteiger partial charge in [-0.25, -0.2) is 9.97 Å². The van der Waals surface area contributed by atoms with Crippen molar-refractivity contribution in [3.05, 3.63) is 40.5 Å². The van der Waals surface area contributed by atoms with Crippen LogP contribution in [0, 0.1) is 19.8 Å². The smallest absolute Gasteiger partial charge is 0.387 e. The Bertz CT molecular complexity index is 1180. The molecular weight excluding hydrogens is 462 g/mol. The first-order valence-electron chi connectivity index (χ1n) is 11.1. The highest BCUT2D eigenvalue weighted by Gasteiger charge is 2.29. The third kappa shape index (κ3) is 4.91. The van der Waals surface area contributed by atoms with Crippen LogP contribution in [0.1, 0.15) is 28.8 Å². The SMILES string of the molecule is COc1ccc(CN(C)C(=O)C2CCN(c3ncnc4sc(C)c(C)c34)CC2)cc1OC(F)F. The summed E-state index contributed by atoms with van der Waals surface area (Å²) in [4.78, 5) is 28.2. The molecule has 4 rings (SSSR count). The van der Waals surface area contributed by atoms with Crippen molar-refractivity contribution in [2.24, 2.45) is 5.92 Å². The molecule has 0 aliphatic carbocycles. The van der Waals surface area contributed by atoms with Crippen molar-refractivity contribution in [3.63, 3.8) is 0 Å². The number of carbonyl (C=O) groups is 1. The largest absolute Gasteiger partial charge is 0.493 e. The summed E-state index contributed by atoms with van der Waals surface area (Å²) in [6, 6.07) is 4.80. The molecule has 1 fully saturated rings. The van der Waals surface area contributed by atoms with Gasteiger partial charge in [0.1, 0.15) is 17.0 Å². The number of piperidine rings is 1. The second kappa shape index (κ2) is 10.1. The number of anilines is 1. The molecule has 3 aromatic rings. The summed E-state index contributed by atoms with van der Waals surface area (Å²) in [6.45, 7) is 3.01. The molecule has 7 nitrogen and oxygen atoms in total.